The number of thiazole rings is 1. The third kappa shape index (κ3) is 5.04. The number of nitrogens with one attached hydrogen (secondary N) is 2. The van der Waals surface area contributed by atoms with Crippen LogP contribution in [0.2, 0.25) is 0 Å². The van der Waals surface area contributed by atoms with Crippen LogP contribution in [0, 0.1) is 0 Å². The van der Waals surface area contributed by atoms with Gasteiger partial charge in [-0.3, -0.25) is 9.59 Å². The summed E-state index contributed by atoms with van der Waals surface area (Å²) in [5, 5.41) is 7.55. The van der Waals surface area contributed by atoms with Gasteiger partial charge in [-0.05, 0) is 17.7 Å². The smallest absolute Gasteiger partial charge is 0.271 e. The Morgan fingerprint density at radius 3 is 2.61 bits per heavy atom. The van der Waals surface area contributed by atoms with E-state index < -0.39 is 0 Å². The second kappa shape index (κ2) is 8.25. The average molecular weight is 334 g/mol. The van der Waals surface area contributed by atoms with Crippen molar-refractivity contribution in [2.45, 2.75) is 13.1 Å². The van der Waals surface area contributed by atoms with Crippen molar-refractivity contribution in [2.75, 3.05) is 13.7 Å². The van der Waals surface area contributed by atoms with Gasteiger partial charge in [0.25, 0.3) is 5.91 Å². The number of hydrogen-bond acceptors (Lipinski definition) is 6. The normalized spacial score (nSPS) is 10.2. The van der Waals surface area contributed by atoms with E-state index in [1.165, 1.54) is 11.3 Å². The summed E-state index contributed by atoms with van der Waals surface area (Å²) in [7, 11) is 1.60. The van der Waals surface area contributed by atoms with E-state index in [1.54, 1.807) is 12.5 Å². The highest BCUT2D eigenvalue weighted by molar-refractivity contribution is 7.09. The van der Waals surface area contributed by atoms with E-state index in [-0.39, 0.29) is 24.1 Å². The summed E-state index contributed by atoms with van der Waals surface area (Å²) in [4.78, 5) is 27.6. The van der Waals surface area contributed by atoms with E-state index in [0.29, 0.717) is 18.1 Å². The molecule has 0 saturated carbocycles. The Morgan fingerprint density at radius 2 is 2.00 bits per heavy atom. The Labute approximate surface area is 137 Å². The third-order valence-electron chi connectivity index (χ3n) is 3.02. The predicted molar refractivity (Wildman–Crippen MR) is 87.2 cm³/mol. The van der Waals surface area contributed by atoms with Crippen LogP contribution in [0.4, 0.5) is 0 Å². The Hall–Kier alpha value is -2.45. The minimum Gasteiger partial charge on any atom is -0.497 e. The number of ether oxygens (including phenoxy) is 1. The number of amides is 2. The highest BCUT2D eigenvalue weighted by atomic mass is 32.1. The van der Waals surface area contributed by atoms with E-state index in [4.69, 9.17) is 10.5 Å². The molecule has 0 radical (unpaired) electrons. The number of carbonyl (C=O) groups excluding carboxylic acids is 2. The second-order valence-corrected chi connectivity index (χ2v) is 5.58. The number of carbonyl (C=O) groups is 2. The van der Waals surface area contributed by atoms with Gasteiger partial charge in [0.05, 0.1) is 13.7 Å². The first kappa shape index (κ1) is 16.9. The molecule has 2 amide bonds. The number of aromatic nitrogens is 1. The van der Waals surface area contributed by atoms with Crippen molar-refractivity contribution in [3.8, 4) is 5.75 Å². The molecule has 0 aliphatic rings. The van der Waals surface area contributed by atoms with Crippen molar-refractivity contribution < 1.29 is 14.3 Å². The SMILES string of the molecule is COc1ccc(CNC(=O)CNC(=O)c2csc(CN)n2)cc1. The molecule has 4 N–H and O–H groups in total. The largest absolute Gasteiger partial charge is 0.497 e. The maximum absolute atomic E-state index is 11.8. The summed E-state index contributed by atoms with van der Waals surface area (Å²) < 4.78 is 5.06. The van der Waals surface area contributed by atoms with E-state index >= 15 is 0 Å². The topological polar surface area (TPSA) is 106 Å². The molecule has 1 aromatic carbocycles. The van der Waals surface area contributed by atoms with Crippen LogP contribution in [0.15, 0.2) is 29.6 Å². The van der Waals surface area contributed by atoms with Crippen LogP contribution in [0.5, 0.6) is 5.75 Å². The molecular formula is C15H18N4O3S. The summed E-state index contributed by atoms with van der Waals surface area (Å²) in [6.07, 6.45) is 0. The predicted octanol–water partition coefficient (Wildman–Crippen LogP) is 0.657. The van der Waals surface area contributed by atoms with Crippen molar-refractivity contribution in [3.63, 3.8) is 0 Å². The molecular weight excluding hydrogens is 316 g/mol. The fourth-order valence-corrected chi connectivity index (χ4v) is 2.42. The van der Waals surface area contributed by atoms with Crippen LogP contribution in [0.1, 0.15) is 21.1 Å². The quantitative estimate of drug-likeness (QED) is 0.689. The van der Waals surface area contributed by atoms with Gasteiger partial charge in [0, 0.05) is 18.5 Å². The van der Waals surface area contributed by atoms with Crippen molar-refractivity contribution in [2.24, 2.45) is 5.73 Å². The molecule has 0 aliphatic carbocycles. The molecule has 0 atom stereocenters. The third-order valence-corrected chi connectivity index (χ3v) is 3.89. The molecule has 2 rings (SSSR count). The second-order valence-electron chi connectivity index (χ2n) is 4.64. The molecule has 23 heavy (non-hydrogen) atoms. The zero-order valence-corrected chi connectivity index (χ0v) is 13.5. The highest BCUT2D eigenvalue weighted by Gasteiger charge is 2.11. The maximum atomic E-state index is 11.8. The van der Waals surface area contributed by atoms with Crippen LogP contribution in [-0.2, 0) is 17.9 Å². The molecule has 0 unspecified atom stereocenters. The van der Waals surface area contributed by atoms with Crippen molar-refractivity contribution >= 4 is 23.2 Å². The van der Waals surface area contributed by atoms with Gasteiger partial charge in [0.1, 0.15) is 16.5 Å². The minimum absolute atomic E-state index is 0.107. The lowest BCUT2D eigenvalue weighted by Crippen LogP contribution is -2.36. The van der Waals surface area contributed by atoms with Gasteiger partial charge in [-0.2, -0.15) is 0 Å². The first-order valence-corrected chi connectivity index (χ1v) is 7.82. The van der Waals surface area contributed by atoms with Gasteiger partial charge < -0.3 is 21.1 Å². The van der Waals surface area contributed by atoms with Crippen LogP contribution in [0.25, 0.3) is 0 Å². The minimum atomic E-state index is -0.388. The molecule has 0 aliphatic heterocycles. The molecule has 122 valence electrons. The first-order chi connectivity index (χ1) is 11.1. The number of nitrogens with two attached hydrogens (primary N) is 1. The van der Waals surface area contributed by atoms with Crippen molar-refractivity contribution in [3.05, 3.63) is 45.9 Å². The van der Waals surface area contributed by atoms with Gasteiger partial charge in [0.2, 0.25) is 5.91 Å². The number of benzene rings is 1. The molecule has 0 bridgehead atoms. The molecule has 8 heteroatoms. The fraction of sp³-hybridized carbons (Fsp3) is 0.267. The Balaban J connectivity index is 1.74. The summed E-state index contributed by atoms with van der Waals surface area (Å²) in [6, 6.07) is 7.36. The number of hydrogen-bond donors (Lipinski definition) is 3. The molecule has 7 nitrogen and oxygen atoms in total. The number of nitrogens with zero attached hydrogens (tertiary/aromatic N) is 1. The average Bonchev–Trinajstić information content (AvgIpc) is 3.07. The lowest BCUT2D eigenvalue weighted by atomic mass is 10.2. The lowest BCUT2D eigenvalue weighted by molar-refractivity contribution is -0.120. The number of rotatable bonds is 7. The highest BCUT2D eigenvalue weighted by Crippen LogP contribution is 2.11. The number of methoxy groups -OCH3 is 1. The van der Waals surface area contributed by atoms with Gasteiger partial charge in [0.15, 0.2) is 0 Å². The molecule has 0 fully saturated rings. The van der Waals surface area contributed by atoms with Crippen LogP contribution >= 0.6 is 11.3 Å². The van der Waals surface area contributed by atoms with E-state index in [9.17, 15) is 9.59 Å². The van der Waals surface area contributed by atoms with Crippen molar-refractivity contribution in [1.82, 2.24) is 15.6 Å². The van der Waals surface area contributed by atoms with E-state index in [2.05, 4.69) is 15.6 Å². The lowest BCUT2D eigenvalue weighted by Gasteiger charge is -2.07. The standard InChI is InChI=1S/C15H18N4O3S/c1-22-11-4-2-10(3-5-11)7-17-13(20)8-18-15(21)12-9-23-14(6-16)19-12/h2-5,9H,6-8,16H2,1H3,(H,17,20)(H,18,21). The van der Waals surface area contributed by atoms with Gasteiger partial charge in [-0.25, -0.2) is 4.98 Å². The molecule has 2 aromatic rings. The molecule has 0 spiro atoms. The molecule has 1 aromatic heterocycles. The van der Waals surface area contributed by atoms with Crippen LogP contribution < -0.4 is 21.1 Å². The van der Waals surface area contributed by atoms with E-state index in [0.717, 1.165) is 11.3 Å². The Bertz CT molecular complexity index is 670. The van der Waals surface area contributed by atoms with Crippen LogP contribution in [-0.4, -0.2) is 30.5 Å². The van der Waals surface area contributed by atoms with Crippen LogP contribution in [0.3, 0.4) is 0 Å². The van der Waals surface area contributed by atoms with E-state index in [1.807, 2.05) is 24.3 Å². The zero-order valence-electron chi connectivity index (χ0n) is 12.7. The summed E-state index contributed by atoms with van der Waals surface area (Å²) in [6.45, 7) is 0.567. The molecule has 1 heterocycles. The maximum Gasteiger partial charge on any atom is 0.271 e. The Kier molecular flexibility index (Phi) is 6.07. The summed E-state index contributed by atoms with van der Waals surface area (Å²) in [5.41, 5.74) is 6.66. The monoisotopic (exact) mass is 334 g/mol. The van der Waals surface area contributed by atoms with Gasteiger partial charge in [-0.1, -0.05) is 12.1 Å². The summed E-state index contributed by atoms with van der Waals surface area (Å²) in [5.74, 6) is 0.0939. The van der Waals surface area contributed by atoms with Gasteiger partial charge >= 0.3 is 0 Å². The summed E-state index contributed by atoms with van der Waals surface area (Å²) >= 11 is 1.31. The zero-order chi connectivity index (χ0) is 16.7. The molecule has 0 saturated heterocycles. The first-order valence-electron chi connectivity index (χ1n) is 6.94. The fourth-order valence-electron chi connectivity index (χ4n) is 1.77. The van der Waals surface area contributed by atoms with Gasteiger partial charge in [-0.15, -0.1) is 11.3 Å². The van der Waals surface area contributed by atoms with Crippen molar-refractivity contribution in [1.29, 1.82) is 0 Å². The Morgan fingerprint density at radius 1 is 1.26 bits per heavy atom.